The first-order valence-corrected chi connectivity index (χ1v) is 8.21. The van der Waals surface area contributed by atoms with Gasteiger partial charge in [-0.2, -0.15) is 0 Å². The predicted octanol–water partition coefficient (Wildman–Crippen LogP) is 3.77. The molecule has 0 aliphatic carbocycles. The van der Waals surface area contributed by atoms with Crippen LogP contribution in [0.2, 0.25) is 0 Å². The van der Waals surface area contributed by atoms with Crippen LogP contribution in [0.15, 0.2) is 82.3 Å². The highest BCUT2D eigenvalue weighted by Crippen LogP contribution is 2.34. The second kappa shape index (κ2) is 5.69. The minimum atomic E-state index is -3.65. The quantitative estimate of drug-likeness (QED) is 0.736. The second-order valence-electron chi connectivity index (χ2n) is 4.79. The van der Waals surface area contributed by atoms with Crippen molar-refractivity contribution >= 4 is 15.9 Å². The van der Waals surface area contributed by atoms with Crippen LogP contribution in [0.1, 0.15) is 0 Å². The van der Waals surface area contributed by atoms with Crippen LogP contribution in [0, 0.1) is 0 Å². The van der Waals surface area contributed by atoms with Gasteiger partial charge in [-0.15, -0.1) is 0 Å². The van der Waals surface area contributed by atoms with Crippen molar-refractivity contribution < 1.29 is 12.8 Å². The Labute approximate surface area is 129 Å². The van der Waals surface area contributed by atoms with E-state index in [2.05, 4.69) is 0 Å². The van der Waals surface area contributed by atoms with E-state index in [1.54, 1.807) is 36.4 Å². The molecule has 112 valence electrons. The summed E-state index contributed by atoms with van der Waals surface area (Å²) >= 11 is 0. The third kappa shape index (κ3) is 2.51. The van der Waals surface area contributed by atoms with Crippen LogP contribution in [0.3, 0.4) is 0 Å². The first-order valence-electron chi connectivity index (χ1n) is 6.77. The predicted molar refractivity (Wildman–Crippen MR) is 86.2 cm³/mol. The maximum Gasteiger partial charge on any atom is 0.266 e. The molecular formula is C17H15NO3S. The maximum atomic E-state index is 12.7. The number of anilines is 1. The molecule has 1 aromatic heterocycles. The first-order chi connectivity index (χ1) is 10.6. The van der Waals surface area contributed by atoms with Gasteiger partial charge in [0.1, 0.15) is 0 Å². The fraction of sp³-hybridized carbons (Fsp3) is 0.0588. The highest BCUT2D eigenvalue weighted by molar-refractivity contribution is 7.92. The van der Waals surface area contributed by atoms with Crippen LogP contribution >= 0.6 is 0 Å². The Bertz CT molecular complexity index is 855. The number of hydrogen-bond donors (Lipinski definition) is 0. The van der Waals surface area contributed by atoms with E-state index in [0.717, 1.165) is 11.1 Å². The molecule has 2 aromatic carbocycles. The summed E-state index contributed by atoms with van der Waals surface area (Å²) in [5, 5.41) is 0. The molecule has 0 radical (unpaired) electrons. The molecule has 0 N–H and O–H groups in total. The lowest BCUT2D eigenvalue weighted by Crippen LogP contribution is -2.26. The zero-order valence-corrected chi connectivity index (χ0v) is 12.8. The van der Waals surface area contributed by atoms with Gasteiger partial charge in [-0.05, 0) is 23.8 Å². The molecule has 22 heavy (non-hydrogen) atoms. The lowest BCUT2D eigenvalue weighted by molar-refractivity contribution is 0.559. The van der Waals surface area contributed by atoms with Gasteiger partial charge in [-0.3, -0.25) is 0 Å². The van der Waals surface area contributed by atoms with Crippen LogP contribution in [0.5, 0.6) is 0 Å². The number of sulfonamides is 1. The SMILES string of the molecule is CN(c1occc1-c1ccccc1)S(=O)(=O)c1ccccc1. The number of furan rings is 1. The van der Waals surface area contributed by atoms with Crippen molar-refractivity contribution in [1.29, 1.82) is 0 Å². The lowest BCUT2D eigenvalue weighted by Gasteiger charge is -2.18. The molecule has 0 aliphatic rings. The number of benzene rings is 2. The van der Waals surface area contributed by atoms with Crippen LogP contribution in [0.25, 0.3) is 11.1 Å². The van der Waals surface area contributed by atoms with Gasteiger partial charge in [-0.25, -0.2) is 12.7 Å². The average molecular weight is 313 g/mol. The normalized spacial score (nSPS) is 11.3. The Hall–Kier alpha value is -2.53. The molecule has 0 bridgehead atoms. The van der Waals surface area contributed by atoms with E-state index in [1.165, 1.54) is 17.6 Å². The van der Waals surface area contributed by atoms with Crippen molar-refractivity contribution in [2.75, 3.05) is 11.4 Å². The smallest absolute Gasteiger partial charge is 0.266 e. The Morgan fingerprint density at radius 3 is 2.09 bits per heavy atom. The summed E-state index contributed by atoms with van der Waals surface area (Å²) in [4.78, 5) is 0.230. The van der Waals surface area contributed by atoms with Gasteiger partial charge in [0.05, 0.1) is 11.2 Å². The van der Waals surface area contributed by atoms with Crippen LogP contribution in [-0.4, -0.2) is 15.5 Å². The van der Waals surface area contributed by atoms with Gasteiger partial charge in [0, 0.05) is 12.6 Å². The fourth-order valence-corrected chi connectivity index (χ4v) is 3.42. The van der Waals surface area contributed by atoms with Gasteiger partial charge in [-0.1, -0.05) is 48.5 Å². The van der Waals surface area contributed by atoms with E-state index in [4.69, 9.17) is 4.42 Å². The molecule has 0 amide bonds. The molecule has 5 heteroatoms. The highest BCUT2D eigenvalue weighted by atomic mass is 32.2. The molecule has 1 heterocycles. The molecule has 3 rings (SSSR count). The van der Waals surface area contributed by atoms with E-state index in [-0.39, 0.29) is 4.90 Å². The number of hydrogen-bond acceptors (Lipinski definition) is 3. The molecule has 0 fully saturated rings. The monoisotopic (exact) mass is 313 g/mol. The third-order valence-electron chi connectivity index (χ3n) is 3.42. The standard InChI is InChI=1S/C17H15NO3S/c1-18(22(19,20)15-10-6-3-7-11-15)17-16(12-13-21-17)14-8-4-2-5-9-14/h2-13H,1H3. The van der Waals surface area contributed by atoms with E-state index < -0.39 is 10.0 Å². The zero-order valence-electron chi connectivity index (χ0n) is 12.0. The molecule has 0 saturated carbocycles. The largest absolute Gasteiger partial charge is 0.447 e. The first kappa shape index (κ1) is 14.4. The minimum Gasteiger partial charge on any atom is -0.447 e. The van der Waals surface area contributed by atoms with E-state index in [1.807, 2.05) is 30.3 Å². The average Bonchev–Trinajstić information content (AvgIpc) is 3.05. The van der Waals surface area contributed by atoms with Crippen molar-refractivity contribution in [2.45, 2.75) is 4.90 Å². The molecule has 3 aromatic rings. The van der Waals surface area contributed by atoms with Crippen molar-refractivity contribution in [2.24, 2.45) is 0 Å². The van der Waals surface area contributed by atoms with Crippen molar-refractivity contribution in [3.63, 3.8) is 0 Å². The van der Waals surface area contributed by atoms with Gasteiger partial charge in [0.25, 0.3) is 10.0 Å². The fourth-order valence-electron chi connectivity index (χ4n) is 2.24. The van der Waals surface area contributed by atoms with E-state index in [9.17, 15) is 8.42 Å². The zero-order chi connectivity index (χ0) is 15.6. The lowest BCUT2D eigenvalue weighted by atomic mass is 10.1. The summed E-state index contributed by atoms with van der Waals surface area (Å²) in [7, 11) is -2.16. The van der Waals surface area contributed by atoms with Gasteiger partial charge in [0.2, 0.25) is 5.88 Å². The van der Waals surface area contributed by atoms with Crippen LogP contribution < -0.4 is 4.31 Å². The second-order valence-corrected chi connectivity index (χ2v) is 6.76. The van der Waals surface area contributed by atoms with E-state index >= 15 is 0 Å². The van der Waals surface area contributed by atoms with Gasteiger partial charge < -0.3 is 4.42 Å². The minimum absolute atomic E-state index is 0.230. The topological polar surface area (TPSA) is 50.5 Å². The maximum absolute atomic E-state index is 12.7. The summed E-state index contributed by atoms with van der Waals surface area (Å²) in [5.74, 6) is 0.301. The number of nitrogens with zero attached hydrogens (tertiary/aromatic N) is 1. The van der Waals surface area contributed by atoms with Crippen LogP contribution in [0.4, 0.5) is 5.88 Å². The van der Waals surface area contributed by atoms with Crippen molar-refractivity contribution in [3.8, 4) is 11.1 Å². The number of rotatable bonds is 4. The molecule has 0 spiro atoms. The molecule has 0 atom stereocenters. The summed E-state index contributed by atoms with van der Waals surface area (Å²) in [6, 6.07) is 19.6. The Morgan fingerprint density at radius 1 is 0.864 bits per heavy atom. The summed E-state index contributed by atoms with van der Waals surface area (Å²) in [6.45, 7) is 0. The molecule has 4 nitrogen and oxygen atoms in total. The molecular weight excluding hydrogens is 298 g/mol. The molecule has 0 aliphatic heterocycles. The Kier molecular flexibility index (Phi) is 3.73. The van der Waals surface area contributed by atoms with Gasteiger partial charge >= 0.3 is 0 Å². The van der Waals surface area contributed by atoms with Crippen molar-refractivity contribution in [3.05, 3.63) is 73.0 Å². The van der Waals surface area contributed by atoms with E-state index in [0.29, 0.717) is 5.88 Å². The summed E-state index contributed by atoms with van der Waals surface area (Å²) in [6.07, 6.45) is 1.49. The van der Waals surface area contributed by atoms with Crippen LogP contribution in [-0.2, 0) is 10.0 Å². The third-order valence-corrected chi connectivity index (χ3v) is 5.17. The van der Waals surface area contributed by atoms with Gasteiger partial charge in [0.15, 0.2) is 0 Å². The van der Waals surface area contributed by atoms with Crippen molar-refractivity contribution in [1.82, 2.24) is 0 Å². The Balaban J connectivity index is 2.04. The summed E-state index contributed by atoms with van der Waals surface area (Å²) in [5.41, 5.74) is 1.64. The Morgan fingerprint density at radius 2 is 1.45 bits per heavy atom. The highest BCUT2D eigenvalue weighted by Gasteiger charge is 2.25. The summed E-state index contributed by atoms with van der Waals surface area (Å²) < 4.78 is 32.0. The molecule has 0 unspecified atom stereocenters. The molecule has 0 saturated heterocycles.